The molecule has 1 aromatic heterocycles. The van der Waals surface area contributed by atoms with Crippen molar-refractivity contribution in [2.75, 3.05) is 19.0 Å². The van der Waals surface area contributed by atoms with E-state index in [-0.39, 0.29) is 11.9 Å². The lowest BCUT2D eigenvalue weighted by atomic mass is 10.1. The SMILES string of the molecule is COc1cccc(Cn2cc(NC(=O)C3CCCN3Cc3ccccc3)cn2)c1. The predicted octanol–water partition coefficient (Wildman–Crippen LogP) is 3.54. The number of hydrogen-bond acceptors (Lipinski definition) is 4. The number of hydrogen-bond donors (Lipinski definition) is 1. The van der Waals surface area contributed by atoms with E-state index >= 15 is 0 Å². The summed E-state index contributed by atoms with van der Waals surface area (Å²) in [6, 6.07) is 18.1. The molecule has 29 heavy (non-hydrogen) atoms. The number of ether oxygens (including phenoxy) is 1. The fraction of sp³-hybridized carbons (Fsp3) is 0.304. The first-order valence-electron chi connectivity index (χ1n) is 9.95. The molecular weight excluding hydrogens is 364 g/mol. The number of methoxy groups -OCH3 is 1. The number of rotatable bonds is 7. The molecule has 0 aliphatic carbocycles. The summed E-state index contributed by atoms with van der Waals surface area (Å²) in [5.41, 5.74) is 3.05. The second-order valence-corrected chi connectivity index (χ2v) is 7.38. The Kier molecular flexibility index (Phi) is 5.91. The van der Waals surface area contributed by atoms with E-state index in [1.54, 1.807) is 13.3 Å². The molecule has 6 heteroatoms. The molecule has 2 heterocycles. The van der Waals surface area contributed by atoms with Crippen LogP contribution >= 0.6 is 0 Å². The van der Waals surface area contributed by atoms with E-state index in [1.807, 2.05) is 53.3 Å². The quantitative estimate of drug-likeness (QED) is 0.670. The zero-order chi connectivity index (χ0) is 20.1. The van der Waals surface area contributed by atoms with Gasteiger partial charge in [-0.1, -0.05) is 42.5 Å². The maximum Gasteiger partial charge on any atom is 0.241 e. The van der Waals surface area contributed by atoms with Gasteiger partial charge in [0.2, 0.25) is 5.91 Å². The van der Waals surface area contributed by atoms with Crippen LogP contribution in [0.25, 0.3) is 0 Å². The fourth-order valence-electron chi connectivity index (χ4n) is 3.83. The van der Waals surface area contributed by atoms with E-state index in [0.717, 1.165) is 42.9 Å². The molecule has 1 unspecified atom stereocenters. The molecule has 6 nitrogen and oxygen atoms in total. The summed E-state index contributed by atoms with van der Waals surface area (Å²) >= 11 is 0. The number of nitrogens with one attached hydrogen (secondary N) is 1. The average molecular weight is 390 g/mol. The topological polar surface area (TPSA) is 59.4 Å². The summed E-state index contributed by atoms with van der Waals surface area (Å²) < 4.78 is 7.09. The van der Waals surface area contributed by atoms with Gasteiger partial charge in [0, 0.05) is 12.7 Å². The van der Waals surface area contributed by atoms with Crippen molar-refractivity contribution < 1.29 is 9.53 Å². The molecule has 0 bridgehead atoms. The Morgan fingerprint density at radius 1 is 1.14 bits per heavy atom. The molecule has 0 radical (unpaired) electrons. The van der Waals surface area contributed by atoms with Crippen LogP contribution in [0.3, 0.4) is 0 Å². The molecule has 3 aromatic rings. The molecule has 1 saturated heterocycles. The normalized spacial score (nSPS) is 16.7. The van der Waals surface area contributed by atoms with Crippen LogP contribution in [0.15, 0.2) is 67.0 Å². The van der Waals surface area contributed by atoms with Gasteiger partial charge in [-0.15, -0.1) is 0 Å². The fourth-order valence-corrected chi connectivity index (χ4v) is 3.83. The second-order valence-electron chi connectivity index (χ2n) is 7.38. The number of likely N-dealkylation sites (tertiary alicyclic amines) is 1. The number of carbonyl (C=O) groups excluding carboxylic acids is 1. The third-order valence-corrected chi connectivity index (χ3v) is 5.27. The molecule has 1 aliphatic heterocycles. The van der Waals surface area contributed by atoms with Gasteiger partial charge in [-0.3, -0.25) is 14.4 Å². The minimum absolute atomic E-state index is 0.0411. The molecule has 1 aliphatic rings. The molecule has 1 N–H and O–H groups in total. The van der Waals surface area contributed by atoms with Crippen LogP contribution < -0.4 is 10.1 Å². The largest absolute Gasteiger partial charge is 0.497 e. The highest BCUT2D eigenvalue weighted by atomic mass is 16.5. The predicted molar refractivity (Wildman–Crippen MR) is 113 cm³/mol. The maximum atomic E-state index is 12.9. The smallest absolute Gasteiger partial charge is 0.241 e. The van der Waals surface area contributed by atoms with Gasteiger partial charge in [-0.25, -0.2) is 0 Å². The Hall–Kier alpha value is -3.12. The second kappa shape index (κ2) is 8.92. The Labute approximate surface area is 171 Å². The van der Waals surface area contributed by atoms with Gasteiger partial charge in [0.1, 0.15) is 5.75 Å². The number of amides is 1. The van der Waals surface area contributed by atoms with E-state index in [9.17, 15) is 4.79 Å². The maximum absolute atomic E-state index is 12.9. The summed E-state index contributed by atoms with van der Waals surface area (Å²) in [5, 5.41) is 7.42. The number of benzene rings is 2. The third-order valence-electron chi connectivity index (χ3n) is 5.27. The van der Waals surface area contributed by atoms with Crippen molar-refractivity contribution in [2.45, 2.75) is 32.0 Å². The van der Waals surface area contributed by atoms with Crippen molar-refractivity contribution in [3.8, 4) is 5.75 Å². The van der Waals surface area contributed by atoms with E-state index in [2.05, 4.69) is 27.4 Å². The lowest BCUT2D eigenvalue weighted by molar-refractivity contribution is -0.120. The first-order valence-corrected chi connectivity index (χ1v) is 9.95. The van der Waals surface area contributed by atoms with Crippen LogP contribution in [-0.2, 0) is 17.9 Å². The Morgan fingerprint density at radius 3 is 2.79 bits per heavy atom. The van der Waals surface area contributed by atoms with Gasteiger partial charge in [0.25, 0.3) is 0 Å². The summed E-state index contributed by atoms with van der Waals surface area (Å²) in [6.45, 7) is 2.37. The van der Waals surface area contributed by atoms with Crippen LogP contribution in [0.2, 0.25) is 0 Å². The third kappa shape index (κ3) is 4.84. The Bertz CT molecular complexity index is 954. The van der Waals surface area contributed by atoms with Gasteiger partial charge < -0.3 is 10.1 Å². The molecule has 1 fully saturated rings. The van der Waals surface area contributed by atoms with Gasteiger partial charge in [-0.2, -0.15) is 5.10 Å². The Balaban J connectivity index is 1.37. The number of carbonyl (C=O) groups is 1. The van der Waals surface area contributed by atoms with Crippen molar-refractivity contribution in [2.24, 2.45) is 0 Å². The highest BCUT2D eigenvalue weighted by Crippen LogP contribution is 2.22. The van der Waals surface area contributed by atoms with Crippen LogP contribution in [0.4, 0.5) is 5.69 Å². The molecule has 1 amide bonds. The molecule has 0 saturated carbocycles. The first kappa shape index (κ1) is 19.2. The van der Waals surface area contributed by atoms with Crippen molar-refractivity contribution in [3.05, 3.63) is 78.1 Å². The molecule has 2 aromatic carbocycles. The lowest BCUT2D eigenvalue weighted by Crippen LogP contribution is -2.39. The highest BCUT2D eigenvalue weighted by molar-refractivity contribution is 5.94. The van der Waals surface area contributed by atoms with Gasteiger partial charge in [0.15, 0.2) is 0 Å². The molecule has 4 rings (SSSR count). The lowest BCUT2D eigenvalue weighted by Gasteiger charge is -2.23. The minimum Gasteiger partial charge on any atom is -0.497 e. The van der Waals surface area contributed by atoms with Crippen molar-refractivity contribution in [1.29, 1.82) is 0 Å². The van der Waals surface area contributed by atoms with E-state index in [4.69, 9.17) is 4.74 Å². The van der Waals surface area contributed by atoms with Gasteiger partial charge >= 0.3 is 0 Å². The minimum atomic E-state index is -0.100. The van der Waals surface area contributed by atoms with Crippen LogP contribution in [-0.4, -0.2) is 40.3 Å². The standard InChI is InChI=1S/C23H26N4O2/c1-29-21-10-5-9-19(13-21)16-27-17-20(14-24-27)25-23(28)22-11-6-12-26(22)15-18-7-3-2-4-8-18/h2-5,7-10,13-14,17,22H,6,11-12,15-16H2,1H3,(H,25,28). The zero-order valence-corrected chi connectivity index (χ0v) is 16.6. The highest BCUT2D eigenvalue weighted by Gasteiger charge is 2.30. The summed E-state index contributed by atoms with van der Waals surface area (Å²) in [4.78, 5) is 15.1. The number of aromatic nitrogens is 2. The molecular formula is C23H26N4O2. The average Bonchev–Trinajstić information content (AvgIpc) is 3.38. The van der Waals surface area contributed by atoms with Crippen molar-refractivity contribution in [3.63, 3.8) is 0 Å². The summed E-state index contributed by atoms with van der Waals surface area (Å²) in [6.07, 6.45) is 5.50. The van der Waals surface area contributed by atoms with Crippen molar-refractivity contribution >= 4 is 11.6 Å². The summed E-state index contributed by atoms with van der Waals surface area (Å²) in [5.74, 6) is 0.863. The van der Waals surface area contributed by atoms with E-state index in [1.165, 1.54) is 5.56 Å². The van der Waals surface area contributed by atoms with Crippen molar-refractivity contribution in [1.82, 2.24) is 14.7 Å². The van der Waals surface area contributed by atoms with Crippen LogP contribution in [0.1, 0.15) is 24.0 Å². The monoisotopic (exact) mass is 390 g/mol. The molecule has 0 spiro atoms. The number of nitrogens with zero attached hydrogens (tertiary/aromatic N) is 3. The first-order chi connectivity index (χ1) is 14.2. The van der Waals surface area contributed by atoms with E-state index < -0.39 is 0 Å². The Morgan fingerprint density at radius 2 is 1.97 bits per heavy atom. The zero-order valence-electron chi connectivity index (χ0n) is 16.6. The molecule has 1 atom stereocenters. The van der Waals surface area contributed by atoms with E-state index in [0.29, 0.717) is 6.54 Å². The van der Waals surface area contributed by atoms with Gasteiger partial charge in [0.05, 0.1) is 31.6 Å². The van der Waals surface area contributed by atoms with Crippen LogP contribution in [0, 0.1) is 0 Å². The van der Waals surface area contributed by atoms with Crippen LogP contribution in [0.5, 0.6) is 5.75 Å². The van der Waals surface area contributed by atoms with Gasteiger partial charge in [-0.05, 0) is 42.6 Å². The summed E-state index contributed by atoms with van der Waals surface area (Å²) in [7, 11) is 1.66. The number of anilines is 1. The molecule has 150 valence electrons.